The van der Waals surface area contributed by atoms with Crippen LogP contribution >= 0.6 is 11.6 Å². The molecule has 1 aromatic rings. The average molecular weight is 187 g/mol. The molecule has 0 amide bonds. The Morgan fingerprint density at radius 1 is 1.33 bits per heavy atom. The van der Waals surface area contributed by atoms with Crippen molar-refractivity contribution in [3.63, 3.8) is 0 Å². The summed E-state index contributed by atoms with van der Waals surface area (Å²) < 4.78 is 0. The fourth-order valence-corrected chi connectivity index (χ4v) is 0.940. The van der Waals surface area contributed by atoms with E-state index in [1.54, 1.807) is 13.8 Å². The van der Waals surface area contributed by atoms with Crippen LogP contribution in [0.1, 0.15) is 21.9 Å². The first-order valence-corrected chi connectivity index (χ1v) is 3.64. The minimum atomic E-state index is -1.11. The summed E-state index contributed by atoms with van der Waals surface area (Å²) in [5, 5.41) is 8.76. The number of carbonyl (C=O) groups is 1. The molecular formula is C7H7ClN2O2. The molecule has 0 aliphatic heterocycles. The third kappa shape index (κ3) is 1.53. The molecule has 0 aliphatic rings. The van der Waals surface area contributed by atoms with Gasteiger partial charge in [-0.1, -0.05) is 11.6 Å². The Balaban J connectivity index is 3.33. The number of rotatable bonds is 1. The number of carboxylic acid groups (broad SMARTS) is 1. The maximum atomic E-state index is 10.5. The number of aromatic nitrogens is 2. The van der Waals surface area contributed by atoms with Crippen LogP contribution in [0.15, 0.2) is 0 Å². The van der Waals surface area contributed by atoms with Crippen LogP contribution in [0.25, 0.3) is 0 Å². The van der Waals surface area contributed by atoms with E-state index in [-0.39, 0.29) is 10.8 Å². The van der Waals surface area contributed by atoms with Crippen LogP contribution in [0.4, 0.5) is 0 Å². The third-order valence-corrected chi connectivity index (χ3v) is 1.75. The van der Waals surface area contributed by atoms with E-state index in [9.17, 15) is 4.79 Å². The summed E-state index contributed by atoms with van der Waals surface area (Å²) in [7, 11) is 0. The molecule has 0 aliphatic carbocycles. The topological polar surface area (TPSA) is 63.1 Å². The predicted molar refractivity (Wildman–Crippen MR) is 43.5 cm³/mol. The molecule has 1 heterocycles. The summed E-state index contributed by atoms with van der Waals surface area (Å²) in [5.74, 6) is -1.11. The second-order valence-electron chi connectivity index (χ2n) is 2.34. The van der Waals surface area contributed by atoms with Crippen molar-refractivity contribution in [3.05, 3.63) is 22.2 Å². The molecule has 64 valence electrons. The number of carboxylic acids is 1. The van der Waals surface area contributed by atoms with E-state index in [4.69, 9.17) is 16.7 Å². The second-order valence-corrected chi connectivity index (χ2v) is 2.70. The predicted octanol–water partition coefficient (Wildman–Crippen LogP) is 1.45. The zero-order valence-electron chi connectivity index (χ0n) is 6.63. The van der Waals surface area contributed by atoms with Crippen LogP contribution < -0.4 is 0 Å². The summed E-state index contributed by atoms with van der Waals surface area (Å²) in [6.07, 6.45) is 0. The fraction of sp³-hybridized carbons (Fsp3) is 0.286. The highest BCUT2D eigenvalue weighted by atomic mass is 35.5. The third-order valence-electron chi connectivity index (χ3n) is 1.39. The Morgan fingerprint density at radius 2 is 1.92 bits per heavy atom. The van der Waals surface area contributed by atoms with Crippen molar-refractivity contribution in [3.8, 4) is 0 Å². The molecule has 0 fully saturated rings. The number of hydrogen-bond donors (Lipinski definition) is 1. The van der Waals surface area contributed by atoms with Gasteiger partial charge in [0, 0.05) is 0 Å². The monoisotopic (exact) mass is 186 g/mol. The number of aromatic carboxylic acids is 1. The zero-order valence-corrected chi connectivity index (χ0v) is 7.38. The van der Waals surface area contributed by atoms with Crippen LogP contribution in [-0.4, -0.2) is 21.0 Å². The molecule has 1 N–H and O–H groups in total. The minimum Gasteiger partial charge on any atom is -0.476 e. The molecule has 0 unspecified atom stereocenters. The van der Waals surface area contributed by atoms with Gasteiger partial charge in [-0.3, -0.25) is 4.98 Å². The smallest absolute Gasteiger partial charge is 0.356 e. The summed E-state index contributed by atoms with van der Waals surface area (Å²) in [6, 6.07) is 0. The first kappa shape index (κ1) is 8.93. The SMILES string of the molecule is Cc1nc(C)c(C(=O)O)nc1Cl. The first-order valence-electron chi connectivity index (χ1n) is 3.26. The zero-order chi connectivity index (χ0) is 9.30. The van der Waals surface area contributed by atoms with Crippen molar-refractivity contribution in [2.45, 2.75) is 13.8 Å². The van der Waals surface area contributed by atoms with Crippen molar-refractivity contribution >= 4 is 17.6 Å². The lowest BCUT2D eigenvalue weighted by Gasteiger charge is -2.01. The Morgan fingerprint density at radius 3 is 2.42 bits per heavy atom. The number of nitrogens with zero attached hydrogens (tertiary/aromatic N) is 2. The minimum absolute atomic E-state index is 0.0920. The number of hydrogen-bond acceptors (Lipinski definition) is 3. The Kier molecular flexibility index (Phi) is 2.28. The molecule has 5 heteroatoms. The van der Waals surface area contributed by atoms with Crippen LogP contribution in [0.2, 0.25) is 5.15 Å². The normalized spacial score (nSPS) is 9.92. The van der Waals surface area contributed by atoms with E-state index in [0.717, 1.165) is 0 Å². The van der Waals surface area contributed by atoms with Crippen LogP contribution in [0.3, 0.4) is 0 Å². The Hall–Kier alpha value is -1.16. The molecule has 0 atom stereocenters. The average Bonchev–Trinajstić information content (AvgIpc) is 1.96. The first-order chi connectivity index (χ1) is 5.52. The highest BCUT2D eigenvalue weighted by Gasteiger charge is 2.12. The molecule has 12 heavy (non-hydrogen) atoms. The van der Waals surface area contributed by atoms with Crippen molar-refractivity contribution < 1.29 is 9.90 Å². The highest BCUT2D eigenvalue weighted by molar-refractivity contribution is 6.30. The lowest BCUT2D eigenvalue weighted by molar-refractivity contribution is 0.0689. The van der Waals surface area contributed by atoms with Gasteiger partial charge in [0.25, 0.3) is 0 Å². The van der Waals surface area contributed by atoms with Gasteiger partial charge in [0.05, 0.1) is 11.4 Å². The molecule has 0 radical (unpaired) electrons. The summed E-state index contributed by atoms with van der Waals surface area (Å²) in [6.45, 7) is 3.26. The van der Waals surface area contributed by atoms with E-state index in [1.807, 2.05) is 0 Å². The van der Waals surface area contributed by atoms with Gasteiger partial charge in [-0.05, 0) is 13.8 Å². The van der Waals surface area contributed by atoms with Gasteiger partial charge in [-0.15, -0.1) is 0 Å². The quantitative estimate of drug-likeness (QED) is 0.721. The summed E-state index contributed by atoms with van der Waals surface area (Å²) >= 11 is 5.59. The summed E-state index contributed by atoms with van der Waals surface area (Å²) in [5.41, 5.74) is 0.828. The van der Waals surface area contributed by atoms with Crippen molar-refractivity contribution in [2.24, 2.45) is 0 Å². The molecule has 0 spiro atoms. The maximum absolute atomic E-state index is 10.5. The van der Waals surface area contributed by atoms with Crippen molar-refractivity contribution in [1.82, 2.24) is 9.97 Å². The fourth-order valence-electron chi connectivity index (χ4n) is 0.813. The lowest BCUT2D eigenvalue weighted by atomic mass is 10.3. The van der Waals surface area contributed by atoms with Crippen LogP contribution in [0.5, 0.6) is 0 Å². The molecule has 1 rings (SSSR count). The van der Waals surface area contributed by atoms with E-state index in [1.165, 1.54) is 0 Å². The number of aryl methyl sites for hydroxylation is 2. The van der Waals surface area contributed by atoms with Crippen molar-refractivity contribution in [1.29, 1.82) is 0 Å². The van der Waals surface area contributed by atoms with E-state index in [0.29, 0.717) is 11.4 Å². The van der Waals surface area contributed by atoms with E-state index < -0.39 is 5.97 Å². The second kappa shape index (κ2) is 3.06. The molecule has 4 nitrogen and oxygen atoms in total. The summed E-state index contributed by atoms with van der Waals surface area (Å²) in [4.78, 5) is 18.1. The molecule has 0 bridgehead atoms. The number of halogens is 1. The molecular weight excluding hydrogens is 180 g/mol. The van der Waals surface area contributed by atoms with Gasteiger partial charge >= 0.3 is 5.97 Å². The van der Waals surface area contributed by atoms with Gasteiger partial charge in [0.15, 0.2) is 10.8 Å². The van der Waals surface area contributed by atoms with Gasteiger partial charge < -0.3 is 5.11 Å². The Labute approximate surface area is 74.2 Å². The Bertz CT molecular complexity index is 338. The largest absolute Gasteiger partial charge is 0.476 e. The van der Waals surface area contributed by atoms with Gasteiger partial charge in [-0.2, -0.15) is 0 Å². The van der Waals surface area contributed by atoms with E-state index >= 15 is 0 Å². The standard InChI is InChI=1S/C7H7ClN2O2/c1-3-5(7(11)12)10-6(8)4(2)9-3/h1-2H3,(H,11,12). The van der Waals surface area contributed by atoms with Crippen LogP contribution in [-0.2, 0) is 0 Å². The van der Waals surface area contributed by atoms with Gasteiger partial charge in [-0.25, -0.2) is 9.78 Å². The van der Waals surface area contributed by atoms with Crippen molar-refractivity contribution in [2.75, 3.05) is 0 Å². The lowest BCUT2D eigenvalue weighted by Crippen LogP contribution is -2.06. The van der Waals surface area contributed by atoms with Crippen LogP contribution in [0, 0.1) is 13.8 Å². The molecule has 1 aromatic heterocycles. The van der Waals surface area contributed by atoms with Gasteiger partial charge in [0.2, 0.25) is 0 Å². The maximum Gasteiger partial charge on any atom is 0.356 e. The van der Waals surface area contributed by atoms with Gasteiger partial charge in [0.1, 0.15) is 0 Å². The molecule has 0 saturated heterocycles. The molecule has 0 saturated carbocycles. The van der Waals surface area contributed by atoms with E-state index in [2.05, 4.69) is 9.97 Å². The highest BCUT2D eigenvalue weighted by Crippen LogP contribution is 2.12. The molecule has 0 aromatic carbocycles.